The number of alkyl halides is 4. The van der Waals surface area contributed by atoms with Gasteiger partial charge in [-0.05, 0) is 48.4 Å². The molecule has 0 radical (unpaired) electrons. The molecule has 0 aliphatic carbocycles. The molecule has 0 N–H and O–H groups in total. The fourth-order valence-electron chi connectivity index (χ4n) is 2.66. The summed E-state index contributed by atoms with van der Waals surface area (Å²) in [4.78, 5) is 7.58. The molecule has 2 aromatic heterocycles. The average molecular weight is 394 g/mol. The molecule has 4 nitrogen and oxygen atoms in total. The lowest BCUT2D eigenvalue weighted by molar-refractivity contribution is -0.137. The zero-order chi connectivity index (χ0) is 20.3. The molecule has 0 bridgehead atoms. The van der Waals surface area contributed by atoms with Gasteiger partial charge in [0, 0.05) is 29.9 Å². The van der Waals surface area contributed by atoms with E-state index >= 15 is 0 Å². The number of pyridine rings is 1. The third kappa shape index (κ3) is 4.41. The highest BCUT2D eigenvalue weighted by Crippen LogP contribution is 2.33. The van der Waals surface area contributed by atoms with Gasteiger partial charge in [0.15, 0.2) is 5.82 Å². The molecule has 3 aromatic rings. The molecule has 3 rings (SSSR count). The third-order valence-electron chi connectivity index (χ3n) is 3.98. The van der Waals surface area contributed by atoms with Gasteiger partial charge in [0.05, 0.1) is 12.2 Å². The van der Waals surface area contributed by atoms with Gasteiger partial charge in [-0.3, -0.25) is 4.39 Å². The summed E-state index contributed by atoms with van der Waals surface area (Å²) >= 11 is 0. The summed E-state index contributed by atoms with van der Waals surface area (Å²) in [5.74, 6) is -0.604. The van der Waals surface area contributed by atoms with Crippen LogP contribution in [0.25, 0.3) is 23.2 Å². The number of hydrogen-bond donors (Lipinski definition) is 0. The van der Waals surface area contributed by atoms with Crippen LogP contribution < -0.4 is 0 Å². The summed E-state index contributed by atoms with van der Waals surface area (Å²) in [5, 5.41) is 4.13. The van der Waals surface area contributed by atoms with E-state index in [1.807, 2.05) is 0 Å². The summed E-state index contributed by atoms with van der Waals surface area (Å²) in [7, 11) is 0. The number of halogens is 5. The minimum Gasteiger partial charge on any atom is -0.251 e. The van der Waals surface area contributed by atoms with E-state index in [0.717, 1.165) is 12.1 Å². The lowest BCUT2D eigenvalue weighted by atomic mass is 10.0. The fraction of sp³-hybridized carbons (Fsp3) is 0.211. The summed E-state index contributed by atoms with van der Waals surface area (Å²) in [6, 6.07) is 6.37. The second-order valence-corrected chi connectivity index (χ2v) is 6.06. The Kier molecular flexibility index (Phi) is 5.53. The Labute approximate surface area is 157 Å². The van der Waals surface area contributed by atoms with E-state index in [2.05, 4.69) is 15.1 Å². The molecule has 0 spiro atoms. The lowest BCUT2D eigenvalue weighted by Gasteiger charge is -2.10. The van der Waals surface area contributed by atoms with Crippen LogP contribution in [0.2, 0.25) is 0 Å². The lowest BCUT2D eigenvalue weighted by Crippen LogP contribution is -2.06. The maximum absolute atomic E-state index is 13.8. The minimum atomic E-state index is -4.57. The van der Waals surface area contributed by atoms with Crippen molar-refractivity contribution in [3.8, 4) is 11.4 Å². The second-order valence-electron chi connectivity index (χ2n) is 6.06. The number of aromatic nitrogens is 4. The smallest absolute Gasteiger partial charge is 0.251 e. The Morgan fingerprint density at radius 2 is 1.96 bits per heavy atom. The van der Waals surface area contributed by atoms with Crippen LogP contribution in [-0.2, 0) is 12.6 Å². The fourth-order valence-corrected chi connectivity index (χ4v) is 2.66. The number of aryl methyl sites for hydroxylation is 1. The quantitative estimate of drug-likeness (QED) is 0.450. The molecule has 28 heavy (non-hydrogen) atoms. The molecule has 0 amide bonds. The highest BCUT2D eigenvalue weighted by Gasteiger charge is 2.31. The normalized spacial score (nSPS) is 12.4. The van der Waals surface area contributed by atoms with Crippen LogP contribution >= 0.6 is 0 Å². The summed E-state index contributed by atoms with van der Waals surface area (Å²) in [6.45, 7) is 0.867. The zero-order valence-corrected chi connectivity index (χ0v) is 14.7. The van der Waals surface area contributed by atoms with Gasteiger partial charge >= 0.3 is 6.18 Å². The van der Waals surface area contributed by atoms with Crippen molar-refractivity contribution in [1.82, 2.24) is 19.7 Å². The molecule has 0 saturated heterocycles. The van der Waals surface area contributed by atoms with Crippen LogP contribution in [0.4, 0.5) is 22.0 Å². The van der Waals surface area contributed by atoms with Crippen LogP contribution in [0.15, 0.2) is 42.9 Å². The Bertz CT molecular complexity index is 1010. The maximum Gasteiger partial charge on any atom is 0.416 e. The third-order valence-corrected chi connectivity index (χ3v) is 3.98. The number of benzene rings is 1. The molecule has 0 atom stereocenters. The van der Waals surface area contributed by atoms with E-state index in [0.29, 0.717) is 5.57 Å². The van der Waals surface area contributed by atoms with Crippen molar-refractivity contribution in [3.63, 3.8) is 0 Å². The van der Waals surface area contributed by atoms with Gasteiger partial charge in [-0.2, -0.15) is 17.6 Å². The first-order chi connectivity index (χ1) is 13.3. The molecular formula is C19H15F5N4. The topological polar surface area (TPSA) is 43.6 Å². The highest BCUT2D eigenvalue weighted by molar-refractivity contribution is 5.73. The van der Waals surface area contributed by atoms with Gasteiger partial charge in [0.1, 0.15) is 6.33 Å². The standard InChI is InChI=1S/C19H15F5N4/c1-12(16-3-2-6-25-17(16)21)10-28-11-26-18(27-28)14-7-13(4-5-20)8-15(9-14)19(22,23)24/h2-3,6-11H,4-5H2,1H3/b12-10+. The van der Waals surface area contributed by atoms with Crippen LogP contribution in [0.3, 0.4) is 0 Å². The van der Waals surface area contributed by atoms with E-state index in [-0.39, 0.29) is 28.9 Å². The summed E-state index contributed by atoms with van der Waals surface area (Å²) < 4.78 is 67.0. The molecule has 0 unspecified atom stereocenters. The van der Waals surface area contributed by atoms with E-state index in [9.17, 15) is 22.0 Å². The molecule has 2 heterocycles. The maximum atomic E-state index is 13.8. The van der Waals surface area contributed by atoms with Crippen LogP contribution in [0.1, 0.15) is 23.6 Å². The predicted octanol–water partition coefficient (Wildman–Crippen LogP) is 5.03. The van der Waals surface area contributed by atoms with Crippen molar-refractivity contribution in [3.05, 3.63) is 65.5 Å². The number of nitrogens with zero attached hydrogens (tertiary/aromatic N) is 4. The van der Waals surface area contributed by atoms with E-state index in [1.165, 1.54) is 29.5 Å². The van der Waals surface area contributed by atoms with Crippen molar-refractivity contribution in [2.75, 3.05) is 6.67 Å². The first kappa shape index (κ1) is 19.7. The molecule has 0 saturated carbocycles. The van der Waals surface area contributed by atoms with Gasteiger partial charge in [0.2, 0.25) is 5.95 Å². The Balaban J connectivity index is 1.96. The minimum absolute atomic E-state index is 0.0434. The average Bonchev–Trinajstić information content (AvgIpc) is 3.10. The molecule has 146 valence electrons. The monoisotopic (exact) mass is 394 g/mol. The SMILES string of the molecule is C/C(=C\n1cnc(-c2cc(CCF)cc(C(F)(F)F)c2)n1)c1cccnc1F. The van der Waals surface area contributed by atoms with Crippen LogP contribution in [0, 0.1) is 5.95 Å². The first-order valence-corrected chi connectivity index (χ1v) is 8.26. The number of rotatable bonds is 5. The van der Waals surface area contributed by atoms with Crippen LogP contribution in [-0.4, -0.2) is 26.4 Å². The Morgan fingerprint density at radius 3 is 2.64 bits per heavy atom. The van der Waals surface area contributed by atoms with Crippen molar-refractivity contribution in [2.45, 2.75) is 19.5 Å². The van der Waals surface area contributed by atoms with E-state index < -0.39 is 24.4 Å². The van der Waals surface area contributed by atoms with Gasteiger partial charge in [0.25, 0.3) is 0 Å². The molecule has 1 aromatic carbocycles. The van der Waals surface area contributed by atoms with Crippen LogP contribution in [0.5, 0.6) is 0 Å². The Morgan fingerprint density at radius 1 is 1.18 bits per heavy atom. The van der Waals surface area contributed by atoms with E-state index in [1.54, 1.807) is 19.1 Å². The largest absolute Gasteiger partial charge is 0.416 e. The summed E-state index contributed by atoms with van der Waals surface area (Å²) in [6.07, 6.45) is -0.619. The second kappa shape index (κ2) is 7.87. The van der Waals surface area contributed by atoms with Crippen molar-refractivity contribution in [2.24, 2.45) is 0 Å². The number of allylic oxidation sites excluding steroid dienone is 1. The molecule has 0 aliphatic heterocycles. The first-order valence-electron chi connectivity index (χ1n) is 8.26. The van der Waals surface area contributed by atoms with Crippen molar-refractivity contribution >= 4 is 11.8 Å². The zero-order valence-electron chi connectivity index (χ0n) is 14.7. The molecular weight excluding hydrogens is 379 g/mol. The van der Waals surface area contributed by atoms with Crippen molar-refractivity contribution in [1.29, 1.82) is 0 Å². The van der Waals surface area contributed by atoms with Gasteiger partial charge in [-0.25, -0.2) is 14.6 Å². The highest BCUT2D eigenvalue weighted by atomic mass is 19.4. The molecule has 9 heteroatoms. The predicted molar refractivity (Wildman–Crippen MR) is 94.2 cm³/mol. The van der Waals surface area contributed by atoms with E-state index in [4.69, 9.17) is 0 Å². The van der Waals surface area contributed by atoms with Gasteiger partial charge in [-0.1, -0.05) is 0 Å². The molecule has 0 aliphatic rings. The van der Waals surface area contributed by atoms with Gasteiger partial charge < -0.3 is 0 Å². The summed E-state index contributed by atoms with van der Waals surface area (Å²) in [5.41, 5.74) is 0.200. The Hall–Kier alpha value is -3.10. The van der Waals surface area contributed by atoms with Crippen molar-refractivity contribution < 1.29 is 22.0 Å². The van der Waals surface area contributed by atoms with Gasteiger partial charge in [-0.15, -0.1) is 5.10 Å². The number of hydrogen-bond acceptors (Lipinski definition) is 3. The molecule has 0 fully saturated rings.